The zero-order valence-electron chi connectivity index (χ0n) is 13.4. The van der Waals surface area contributed by atoms with Crippen molar-refractivity contribution in [3.05, 3.63) is 23.9 Å². The van der Waals surface area contributed by atoms with Gasteiger partial charge in [0.25, 0.3) is 0 Å². The number of pyridine rings is 1. The smallest absolute Gasteiger partial charge is 0.315 e. The Kier molecular flexibility index (Phi) is 5.69. The Morgan fingerprint density at radius 3 is 2.96 bits per heavy atom. The van der Waals surface area contributed by atoms with Gasteiger partial charge in [-0.15, -0.1) is 0 Å². The quantitative estimate of drug-likeness (QED) is 0.843. The lowest BCUT2D eigenvalue weighted by atomic mass is 10.1. The van der Waals surface area contributed by atoms with Crippen LogP contribution in [0.3, 0.4) is 0 Å². The fraction of sp³-hybridized carbons (Fsp3) is 0.647. The minimum atomic E-state index is -0.160. The van der Waals surface area contributed by atoms with E-state index >= 15 is 0 Å². The average molecular weight is 319 g/mol. The number of urea groups is 1. The molecule has 126 valence electrons. The molecule has 2 fully saturated rings. The Balaban J connectivity index is 1.46. The van der Waals surface area contributed by atoms with Crippen LogP contribution in [0.5, 0.6) is 5.88 Å². The second-order valence-electron chi connectivity index (χ2n) is 6.29. The number of hydrogen-bond donors (Lipinski definition) is 2. The molecule has 2 heterocycles. The maximum atomic E-state index is 11.9. The van der Waals surface area contributed by atoms with E-state index in [9.17, 15) is 4.79 Å². The molecule has 0 radical (unpaired) electrons. The van der Waals surface area contributed by atoms with Gasteiger partial charge in [0.15, 0.2) is 0 Å². The van der Waals surface area contributed by atoms with Crippen LogP contribution in [-0.4, -0.2) is 36.9 Å². The monoisotopic (exact) mass is 319 g/mol. The van der Waals surface area contributed by atoms with Gasteiger partial charge in [-0.1, -0.05) is 6.07 Å². The molecule has 1 atom stereocenters. The highest BCUT2D eigenvalue weighted by Gasteiger charge is 2.19. The topological polar surface area (TPSA) is 72.5 Å². The number of nitrogens with zero attached hydrogens (tertiary/aromatic N) is 1. The summed E-state index contributed by atoms with van der Waals surface area (Å²) in [6, 6.07) is 3.65. The molecule has 1 unspecified atom stereocenters. The van der Waals surface area contributed by atoms with Gasteiger partial charge >= 0.3 is 6.03 Å². The zero-order valence-corrected chi connectivity index (χ0v) is 13.4. The van der Waals surface area contributed by atoms with Crippen LogP contribution >= 0.6 is 0 Å². The molecule has 1 aliphatic heterocycles. The second kappa shape index (κ2) is 8.15. The lowest BCUT2D eigenvalue weighted by molar-refractivity contribution is 0.185. The molecule has 2 aliphatic rings. The van der Waals surface area contributed by atoms with Gasteiger partial charge in [-0.05, 0) is 38.2 Å². The van der Waals surface area contributed by atoms with E-state index in [1.165, 1.54) is 12.8 Å². The number of hydrogen-bond acceptors (Lipinski definition) is 4. The summed E-state index contributed by atoms with van der Waals surface area (Å²) in [5, 5.41) is 5.77. The summed E-state index contributed by atoms with van der Waals surface area (Å²) < 4.78 is 11.3. The van der Waals surface area contributed by atoms with Crippen molar-refractivity contribution in [1.29, 1.82) is 0 Å². The molecule has 23 heavy (non-hydrogen) atoms. The van der Waals surface area contributed by atoms with Crippen molar-refractivity contribution >= 4 is 6.03 Å². The molecule has 2 N–H and O–H groups in total. The lowest BCUT2D eigenvalue weighted by Crippen LogP contribution is -2.38. The van der Waals surface area contributed by atoms with E-state index in [2.05, 4.69) is 15.6 Å². The van der Waals surface area contributed by atoms with E-state index in [0.29, 0.717) is 24.9 Å². The standard InChI is InChI=1S/C17H25N3O3/c21-17(19-10-13-7-9-22-12-13)20-11-14-4-3-8-18-16(14)23-15-5-1-2-6-15/h3-4,8,13,15H,1-2,5-7,9-12H2,(H2,19,20,21). The molecule has 1 aromatic rings. The fourth-order valence-electron chi connectivity index (χ4n) is 3.05. The Morgan fingerprint density at radius 2 is 2.17 bits per heavy atom. The predicted octanol–water partition coefficient (Wildman–Crippen LogP) is 2.24. The summed E-state index contributed by atoms with van der Waals surface area (Å²) >= 11 is 0. The Hall–Kier alpha value is -1.82. The normalized spacial score (nSPS) is 21.3. The van der Waals surface area contributed by atoms with Crippen molar-refractivity contribution in [3.8, 4) is 5.88 Å². The van der Waals surface area contributed by atoms with Gasteiger partial charge in [-0.3, -0.25) is 0 Å². The van der Waals surface area contributed by atoms with Crippen molar-refractivity contribution in [2.45, 2.75) is 44.8 Å². The number of ether oxygens (including phenoxy) is 2. The first-order valence-corrected chi connectivity index (χ1v) is 8.51. The van der Waals surface area contributed by atoms with Crippen LogP contribution in [0, 0.1) is 5.92 Å². The summed E-state index contributed by atoms with van der Waals surface area (Å²) in [5.74, 6) is 1.07. The predicted molar refractivity (Wildman–Crippen MR) is 86.3 cm³/mol. The summed E-state index contributed by atoms with van der Waals surface area (Å²) in [5.41, 5.74) is 0.916. The van der Waals surface area contributed by atoms with Crippen LogP contribution in [0.2, 0.25) is 0 Å². The SMILES string of the molecule is O=C(NCc1cccnc1OC1CCCC1)NCC1CCOC1. The van der Waals surface area contributed by atoms with Crippen molar-refractivity contribution in [1.82, 2.24) is 15.6 Å². The molecular formula is C17H25N3O3. The first kappa shape index (κ1) is 16.1. The van der Waals surface area contributed by atoms with Crippen LogP contribution in [0.4, 0.5) is 4.79 Å². The lowest BCUT2D eigenvalue weighted by Gasteiger charge is -2.16. The van der Waals surface area contributed by atoms with Crippen molar-refractivity contribution in [2.24, 2.45) is 5.92 Å². The summed E-state index contributed by atoms with van der Waals surface area (Å²) in [7, 11) is 0. The van der Waals surface area contributed by atoms with Gasteiger partial charge in [0, 0.05) is 37.4 Å². The first-order valence-electron chi connectivity index (χ1n) is 8.51. The number of aromatic nitrogens is 1. The molecule has 0 spiro atoms. The minimum absolute atomic E-state index is 0.160. The van der Waals surface area contributed by atoms with Crippen molar-refractivity contribution < 1.29 is 14.3 Å². The summed E-state index contributed by atoms with van der Waals surface area (Å²) in [6.45, 7) is 2.61. The molecule has 0 bridgehead atoms. The van der Waals surface area contributed by atoms with Gasteiger partial charge in [0.2, 0.25) is 5.88 Å². The maximum absolute atomic E-state index is 11.9. The molecule has 1 aromatic heterocycles. The van der Waals surface area contributed by atoms with Crippen LogP contribution in [0.1, 0.15) is 37.7 Å². The highest BCUT2D eigenvalue weighted by atomic mass is 16.5. The van der Waals surface area contributed by atoms with Gasteiger partial charge in [0.05, 0.1) is 6.61 Å². The van der Waals surface area contributed by atoms with Crippen LogP contribution in [-0.2, 0) is 11.3 Å². The van der Waals surface area contributed by atoms with E-state index in [4.69, 9.17) is 9.47 Å². The van der Waals surface area contributed by atoms with Gasteiger partial charge in [-0.2, -0.15) is 0 Å². The minimum Gasteiger partial charge on any atom is -0.474 e. The van der Waals surface area contributed by atoms with Gasteiger partial charge in [-0.25, -0.2) is 9.78 Å². The van der Waals surface area contributed by atoms with E-state index < -0.39 is 0 Å². The second-order valence-corrected chi connectivity index (χ2v) is 6.29. The highest BCUT2D eigenvalue weighted by Crippen LogP contribution is 2.24. The van der Waals surface area contributed by atoms with Crippen LogP contribution < -0.4 is 15.4 Å². The Bertz CT molecular complexity index is 512. The van der Waals surface area contributed by atoms with E-state index in [1.54, 1.807) is 6.20 Å². The largest absolute Gasteiger partial charge is 0.474 e. The van der Waals surface area contributed by atoms with Gasteiger partial charge in [0.1, 0.15) is 6.10 Å². The molecular weight excluding hydrogens is 294 g/mol. The average Bonchev–Trinajstić information content (AvgIpc) is 3.25. The third kappa shape index (κ3) is 4.82. The fourth-order valence-corrected chi connectivity index (χ4v) is 3.05. The van der Waals surface area contributed by atoms with E-state index in [-0.39, 0.29) is 12.1 Å². The van der Waals surface area contributed by atoms with Gasteiger partial charge < -0.3 is 20.1 Å². The van der Waals surface area contributed by atoms with E-state index in [1.807, 2.05) is 12.1 Å². The first-order chi connectivity index (χ1) is 11.3. The molecule has 1 saturated heterocycles. The van der Waals surface area contributed by atoms with Crippen molar-refractivity contribution in [2.75, 3.05) is 19.8 Å². The summed E-state index contributed by atoms with van der Waals surface area (Å²) in [4.78, 5) is 16.2. The zero-order chi connectivity index (χ0) is 15.9. The number of carbonyl (C=O) groups excluding carboxylic acids is 1. The Labute approximate surface area is 137 Å². The number of carbonyl (C=O) groups is 1. The number of rotatable bonds is 6. The molecule has 1 aliphatic carbocycles. The highest BCUT2D eigenvalue weighted by molar-refractivity contribution is 5.73. The van der Waals surface area contributed by atoms with Crippen molar-refractivity contribution in [3.63, 3.8) is 0 Å². The number of nitrogens with one attached hydrogen (secondary N) is 2. The maximum Gasteiger partial charge on any atom is 0.315 e. The molecule has 6 nitrogen and oxygen atoms in total. The van der Waals surface area contributed by atoms with E-state index in [0.717, 1.165) is 38.0 Å². The third-order valence-corrected chi connectivity index (χ3v) is 4.45. The number of amides is 2. The molecule has 3 rings (SSSR count). The Morgan fingerprint density at radius 1 is 1.30 bits per heavy atom. The van der Waals surface area contributed by atoms with Crippen LogP contribution in [0.25, 0.3) is 0 Å². The summed E-state index contributed by atoms with van der Waals surface area (Å²) in [6.07, 6.45) is 7.63. The third-order valence-electron chi connectivity index (χ3n) is 4.45. The molecule has 1 saturated carbocycles. The molecule has 2 amide bonds. The van der Waals surface area contributed by atoms with Crippen LogP contribution in [0.15, 0.2) is 18.3 Å². The molecule has 0 aromatic carbocycles. The molecule has 6 heteroatoms.